The minimum absolute atomic E-state index is 0.0138. The Balaban J connectivity index is 1.40. The summed E-state index contributed by atoms with van der Waals surface area (Å²) >= 11 is 9.33. The summed E-state index contributed by atoms with van der Waals surface area (Å²) in [6.07, 6.45) is 0.296. The number of carbonyl (C=O) groups is 3. The SMILES string of the molecule is Cc1cc(C(=O)NC(CON2C(=O)c3ccccc3C2=O)Cc2ccc(Br)cc2C)c(Oc2cccc(Cl)c2F)nn1. The molecule has 1 aromatic heterocycles. The Hall–Kier alpha value is -4.19. The van der Waals surface area contributed by atoms with E-state index in [-0.39, 0.29) is 39.9 Å². The minimum atomic E-state index is -0.814. The van der Waals surface area contributed by atoms with E-state index in [2.05, 4.69) is 31.4 Å². The predicted molar refractivity (Wildman–Crippen MR) is 155 cm³/mol. The highest BCUT2D eigenvalue weighted by atomic mass is 79.9. The number of halogens is 3. The number of benzene rings is 3. The second-order valence-corrected chi connectivity index (χ2v) is 10.9. The molecular weight excluding hydrogens is 631 g/mol. The van der Waals surface area contributed by atoms with E-state index < -0.39 is 29.6 Å². The molecule has 214 valence electrons. The number of carbonyl (C=O) groups excluding carboxylic acids is 3. The minimum Gasteiger partial charge on any atom is -0.434 e. The van der Waals surface area contributed by atoms with Crippen LogP contribution in [0, 0.1) is 19.7 Å². The number of rotatable bonds is 9. The zero-order valence-electron chi connectivity index (χ0n) is 22.4. The van der Waals surface area contributed by atoms with Gasteiger partial charge in [-0.3, -0.25) is 19.2 Å². The maximum Gasteiger partial charge on any atom is 0.285 e. The molecule has 0 aliphatic carbocycles. The normalized spacial score (nSPS) is 13.2. The average molecular weight is 654 g/mol. The summed E-state index contributed by atoms with van der Waals surface area (Å²) in [5, 5.41) is 11.3. The van der Waals surface area contributed by atoms with Gasteiger partial charge in [-0.15, -0.1) is 10.2 Å². The topological polar surface area (TPSA) is 111 Å². The molecule has 0 spiro atoms. The molecule has 0 saturated carbocycles. The summed E-state index contributed by atoms with van der Waals surface area (Å²) in [7, 11) is 0. The lowest BCUT2D eigenvalue weighted by molar-refractivity contribution is -0.0968. The third-order valence-corrected chi connectivity index (χ3v) is 7.30. The Kier molecular flexibility index (Phi) is 8.62. The van der Waals surface area contributed by atoms with E-state index in [0.717, 1.165) is 15.6 Å². The highest BCUT2D eigenvalue weighted by Crippen LogP contribution is 2.30. The van der Waals surface area contributed by atoms with Crippen molar-refractivity contribution in [2.75, 3.05) is 6.61 Å². The lowest BCUT2D eigenvalue weighted by Gasteiger charge is -2.23. The van der Waals surface area contributed by atoms with Crippen molar-refractivity contribution >= 4 is 45.3 Å². The first-order chi connectivity index (χ1) is 20.1. The zero-order chi connectivity index (χ0) is 30.0. The van der Waals surface area contributed by atoms with Crippen LogP contribution in [0.4, 0.5) is 4.39 Å². The van der Waals surface area contributed by atoms with Crippen LogP contribution >= 0.6 is 27.5 Å². The molecule has 0 fully saturated rings. The van der Waals surface area contributed by atoms with Crippen LogP contribution in [0.3, 0.4) is 0 Å². The second kappa shape index (κ2) is 12.4. The zero-order valence-corrected chi connectivity index (χ0v) is 24.7. The van der Waals surface area contributed by atoms with E-state index in [1.54, 1.807) is 31.2 Å². The van der Waals surface area contributed by atoms with Gasteiger partial charge in [-0.1, -0.05) is 51.8 Å². The number of ether oxygens (including phenoxy) is 1. The molecule has 0 radical (unpaired) electrons. The number of aromatic nitrogens is 2. The summed E-state index contributed by atoms with van der Waals surface area (Å²) in [4.78, 5) is 45.0. The number of aryl methyl sites for hydroxylation is 2. The predicted octanol–water partition coefficient (Wildman–Crippen LogP) is 6.01. The Bertz CT molecular complexity index is 1680. The van der Waals surface area contributed by atoms with Crippen molar-refractivity contribution in [3.8, 4) is 11.6 Å². The standard InChI is InChI=1S/C30H23BrClFN4O5/c1-16-12-19(31)11-10-18(16)14-20(15-41-37-29(39)21-6-3-4-7-22(21)30(37)40)34-27(38)23-13-17(2)35-36-28(23)42-25-9-5-8-24(32)26(25)33/h3-13,20H,14-15H2,1-2H3,(H,34,38). The van der Waals surface area contributed by atoms with E-state index in [0.29, 0.717) is 17.2 Å². The molecule has 1 aliphatic rings. The number of nitrogens with one attached hydrogen (secondary N) is 1. The molecule has 1 aliphatic heterocycles. The molecule has 3 amide bonds. The van der Waals surface area contributed by atoms with Crippen LogP contribution in [0.25, 0.3) is 0 Å². The van der Waals surface area contributed by atoms with Gasteiger partial charge in [-0.05, 0) is 73.9 Å². The van der Waals surface area contributed by atoms with E-state index >= 15 is 0 Å². The van der Waals surface area contributed by atoms with Crippen LogP contribution in [0.5, 0.6) is 11.6 Å². The van der Waals surface area contributed by atoms with Gasteiger partial charge in [0.05, 0.1) is 34.5 Å². The molecule has 9 nitrogen and oxygen atoms in total. The number of hydrogen-bond donors (Lipinski definition) is 1. The van der Waals surface area contributed by atoms with Crippen LogP contribution in [0.1, 0.15) is 47.9 Å². The summed E-state index contributed by atoms with van der Waals surface area (Å²) in [5.41, 5.74) is 2.73. The maximum absolute atomic E-state index is 14.5. The fraction of sp³-hybridized carbons (Fsp3) is 0.167. The van der Waals surface area contributed by atoms with Crippen molar-refractivity contribution in [2.24, 2.45) is 0 Å². The van der Waals surface area contributed by atoms with E-state index in [1.807, 2.05) is 25.1 Å². The fourth-order valence-corrected chi connectivity index (χ4v) is 5.04. The first kappa shape index (κ1) is 29.3. The van der Waals surface area contributed by atoms with Crippen molar-refractivity contribution in [2.45, 2.75) is 26.3 Å². The van der Waals surface area contributed by atoms with Gasteiger partial charge in [-0.25, -0.2) is 4.39 Å². The lowest BCUT2D eigenvalue weighted by Crippen LogP contribution is -2.43. The van der Waals surface area contributed by atoms with E-state index in [9.17, 15) is 18.8 Å². The first-order valence-electron chi connectivity index (χ1n) is 12.7. The third kappa shape index (κ3) is 6.18. The number of hydrogen-bond acceptors (Lipinski definition) is 7. The summed E-state index contributed by atoms with van der Waals surface area (Å²) in [6, 6.07) is 17.1. The Morgan fingerprint density at radius 1 is 1.02 bits per heavy atom. The Morgan fingerprint density at radius 3 is 2.43 bits per heavy atom. The largest absolute Gasteiger partial charge is 0.434 e. The molecule has 2 heterocycles. The Labute approximate surface area is 253 Å². The highest BCUT2D eigenvalue weighted by molar-refractivity contribution is 9.10. The van der Waals surface area contributed by atoms with Crippen molar-refractivity contribution in [1.29, 1.82) is 0 Å². The second-order valence-electron chi connectivity index (χ2n) is 9.55. The van der Waals surface area contributed by atoms with Gasteiger partial charge in [0.2, 0.25) is 0 Å². The maximum atomic E-state index is 14.5. The van der Waals surface area contributed by atoms with Crippen molar-refractivity contribution in [1.82, 2.24) is 20.6 Å². The fourth-order valence-electron chi connectivity index (χ4n) is 4.40. The molecule has 0 bridgehead atoms. The number of imide groups is 1. The third-order valence-electron chi connectivity index (χ3n) is 6.52. The van der Waals surface area contributed by atoms with Gasteiger partial charge in [0.1, 0.15) is 5.56 Å². The van der Waals surface area contributed by atoms with Crippen LogP contribution < -0.4 is 10.1 Å². The Morgan fingerprint density at radius 2 is 1.74 bits per heavy atom. The monoisotopic (exact) mass is 652 g/mol. The average Bonchev–Trinajstić information content (AvgIpc) is 3.21. The molecule has 0 saturated heterocycles. The number of fused-ring (bicyclic) bond motifs is 1. The van der Waals surface area contributed by atoms with Gasteiger partial charge in [0.15, 0.2) is 11.6 Å². The highest BCUT2D eigenvalue weighted by Gasteiger charge is 2.37. The smallest absolute Gasteiger partial charge is 0.285 e. The molecule has 3 aromatic carbocycles. The number of hydroxylamine groups is 2. The summed E-state index contributed by atoms with van der Waals surface area (Å²) < 4.78 is 21.0. The van der Waals surface area contributed by atoms with Gasteiger partial charge in [0, 0.05) is 4.47 Å². The molecule has 42 heavy (non-hydrogen) atoms. The van der Waals surface area contributed by atoms with Crippen molar-refractivity contribution in [3.63, 3.8) is 0 Å². The van der Waals surface area contributed by atoms with Crippen LogP contribution in [-0.4, -0.2) is 45.6 Å². The molecule has 4 aromatic rings. The number of nitrogens with zero attached hydrogens (tertiary/aromatic N) is 3. The van der Waals surface area contributed by atoms with Crippen LogP contribution in [0.2, 0.25) is 5.02 Å². The van der Waals surface area contributed by atoms with Crippen molar-refractivity contribution < 1.29 is 28.3 Å². The molecule has 1 atom stereocenters. The lowest BCUT2D eigenvalue weighted by atomic mass is 10.0. The van der Waals surface area contributed by atoms with Crippen LogP contribution in [0.15, 0.2) is 71.2 Å². The first-order valence-corrected chi connectivity index (χ1v) is 13.9. The van der Waals surface area contributed by atoms with E-state index in [4.69, 9.17) is 21.2 Å². The van der Waals surface area contributed by atoms with Gasteiger partial charge < -0.3 is 10.1 Å². The van der Waals surface area contributed by atoms with Crippen molar-refractivity contribution in [3.05, 3.63) is 116 Å². The van der Waals surface area contributed by atoms with Crippen LogP contribution in [-0.2, 0) is 11.3 Å². The summed E-state index contributed by atoms with van der Waals surface area (Å²) in [5.74, 6) is -3.07. The van der Waals surface area contributed by atoms with Gasteiger partial charge in [0.25, 0.3) is 23.6 Å². The van der Waals surface area contributed by atoms with Gasteiger partial charge in [-0.2, -0.15) is 5.10 Å². The van der Waals surface area contributed by atoms with Gasteiger partial charge >= 0.3 is 0 Å². The molecule has 1 N–H and O–H groups in total. The molecule has 5 rings (SSSR count). The number of amides is 3. The summed E-state index contributed by atoms with van der Waals surface area (Å²) in [6.45, 7) is 3.34. The van der Waals surface area contributed by atoms with E-state index in [1.165, 1.54) is 24.3 Å². The molecule has 12 heteroatoms. The molecule has 1 unspecified atom stereocenters. The molecular formula is C30H23BrClFN4O5. The quantitative estimate of drug-likeness (QED) is 0.220.